The molecule has 0 unspecified atom stereocenters. The molecule has 16 heavy (non-hydrogen) atoms. The molecule has 0 aliphatic carbocycles. The summed E-state index contributed by atoms with van der Waals surface area (Å²) in [6.45, 7) is 3.80. The summed E-state index contributed by atoms with van der Waals surface area (Å²) < 4.78 is 0. The van der Waals surface area contributed by atoms with Crippen LogP contribution in [0.2, 0.25) is 10.0 Å². The van der Waals surface area contributed by atoms with Gasteiger partial charge >= 0.3 is 0 Å². The zero-order chi connectivity index (χ0) is 11.5. The summed E-state index contributed by atoms with van der Waals surface area (Å²) in [6, 6.07) is 13.5. The molecule has 0 aliphatic heterocycles. The Morgan fingerprint density at radius 1 is 0.938 bits per heavy atom. The monoisotopic (exact) mass is 248 g/mol. The smallest absolute Gasteiger partial charge is 0.0499 e. The van der Waals surface area contributed by atoms with Crippen molar-refractivity contribution in [3.63, 3.8) is 0 Å². The van der Waals surface area contributed by atoms with Crippen molar-refractivity contribution in [2.45, 2.75) is 0 Å². The zero-order valence-electron chi connectivity index (χ0n) is 8.58. The fourth-order valence-corrected chi connectivity index (χ4v) is 2.14. The van der Waals surface area contributed by atoms with Crippen LogP contribution in [0.3, 0.4) is 0 Å². The minimum atomic E-state index is 0.643. The summed E-state index contributed by atoms with van der Waals surface area (Å²) in [4.78, 5) is 0. The van der Waals surface area contributed by atoms with Crippen LogP contribution in [0.25, 0.3) is 17.2 Å². The molecule has 2 aromatic rings. The van der Waals surface area contributed by atoms with Crippen LogP contribution in [0.5, 0.6) is 0 Å². The molecule has 0 nitrogen and oxygen atoms in total. The molecule has 0 fully saturated rings. The molecule has 80 valence electrons. The average molecular weight is 249 g/mol. The second kappa shape index (κ2) is 4.73. The number of halogens is 2. The molecule has 0 heterocycles. The molecule has 0 radical (unpaired) electrons. The van der Waals surface area contributed by atoms with E-state index < -0.39 is 0 Å². The molecular formula is C14H10Cl2. The molecule has 2 aromatic carbocycles. The lowest BCUT2D eigenvalue weighted by atomic mass is 10.00. The number of hydrogen-bond donors (Lipinski definition) is 0. The van der Waals surface area contributed by atoms with E-state index in [-0.39, 0.29) is 0 Å². The Morgan fingerprint density at radius 3 is 2.38 bits per heavy atom. The molecule has 0 saturated carbocycles. The first kappa shape index (κ1) is 11.3. The van der Waals surface area contributed by atoms with E-state index in [2.05, 4.69) is 6.58 Å². The normalized spacial score (nSPS) is 10.1. The highest BCUT2D eigenvalue weighted by molar-refractivity contribution is 6.36. The van der Waals surface area contributed by atoms with Gasteiger partial charge in [-0.15, -0.1) is 0 Å². The van der Waals surface area contributed by atoms with Gasteiger partial charge in [0.15, 0.2) is 0 Å². The summed E-state index contributed by atoms with van der Waals surface area (Å²) in [5.41, 5.74) is 3.10. The van der Waals surface area contributed by atoms with Gasteiger partial charge < -0.3 is 0 Å². The third-order valence-corrected chi connectivity index (χ3v) is 2.95. The van der Waals surface area contributed by atoms with Crippen LogP contribution in [-0.2, 0) is 0 Å². The highest BCUT2D eigenvalue weighted by Crippen LogP contribution is 2.32. The van der Waals surface area contributed by atoms with Crippen LogP contribution < -0.4 is 0 Å². The summed E-state index contributed by atoms with van der Waals surface area (Å²) in [5, 5.41) is 1.30. The van der Waals surface area contributed by atoms with Gasteiger partial charge in [-0.25, -0.2) is 0 Å². The summed E-state index contributed by atoms with van der Waals surface area (Å²) >= 11 is 12.0. The topological polar surface area (TPSA) is 0 Å². The van der Waals surface area contributed by atoms with Gasteiger partial charge in [0, 0.05) is 15.6 Å². The lowest BCUT2D eigenvalue weighted by Gasteiger charge is -2.08. The fourth-order valence-electron chi connectivity index (χ4n) is 1.63. The summed E-state index contributed by atoms with van der Waals surface area (Å²) in [7, 11) is 0. The van der Waals surface area contributed by atoms with Crippen LogP contribution in [0, 0.1) is 0 Å². The van der Waals surface area contributed by atoms with Gasteiger partial charge in [-0.05, 0) is 23.3 Å². The van der Waals surface area contributed by atoms with Gasteiger partial charge in [-0.2, -0.15) is 0 Å². The number of benzene rings is 2. The van der Waals surface area contributed by atoms with Crippen LogP contribution in [-0.4, -0.2) is 0 Å². The minimum Gasteiger partial charge on any atom is -0.0984 e. The minimum absolute atomic E-state index is 0.643. The molecule has 0 amide bonds. The van der Waals surface area contributed by atoms with E-state index in [1.165, 1.54) is 0 Å². The van der Waals surface area contributed by atoms with E-state index in [1.54, 1.807) is 6.07 Å². The van der Waals surface area contributed by atoms with Gasteiger partial charge in [-0.1, -0.05) is 66.2 Å². The highest BCUT2D eigenvalue weighted by Gasteiger charge is 2.06. The van der Waals surface area contributed by atoms with Crippen molar-refractivity contribution in [3.8, 4) is 11.1 Å². The molecule has 0 bridgehead atoms. The maximum absolute atomic E-state index is 6.17. The third-order valence-electron chi connectivity index (χ3n) is 2.40. The Bertz CT molecular complexity index is 530. The number of rotatable bonds is 2. The molecule has 0 saturated heterocycles. The van der Waals surface area contributed by atoms with E-state index in [0.29, 0.717) is 10.0 Å². The lowest BCUT2D eigenvalue weighted by molar-refractivity contribution is 1.59. The van der Waals surface area contributed by atoms with Crippen molar-refractivity contribution >= 4 is 29.3 Å². The SMILES string of the molecule is C=Cc1ccccc1-c1ccc(Cl)cc1Cl. The second-order valence-corrected chi connectivity index (χ2v) is 4.26. The average Bonchev–Trinajstić information content (AvgIpc) is 2.29. The van der Waals surface area contributed by atoms with Gasteiger partial charge in [-0.3, -0.25) is 0 Å². The maximum Gasteiger partial charge on any atom is 0.0499 e. The molecule has 0 aromatic heterocycles. The van der Waals surface area contributed by atoms with Crippen molar-refractivity contribution in [3.05, 3.63) is 64.7 Å². The first-order chi connectivity index (χ1) is 7.72. The van der Waals surface area contributed by atoms with E-state index >= 15 is 0 Å². The van der Waals surface area contributed by atoms with Crippen molar-refractivity contribution in [1.29, 1.82) is 0 Å². The first-order valence-corrected chi connectivity index (χ1v) is 5.65. The molecule has 2 heteroatoms. The molecule has 0 spiro atoms. The lowest BCUT2D eigenvalue weighted by Crippen LogP contribution is -1.83. The Hall–Kier alpha value is -1.24. The quantitative estimate of drug-likeness (QED) is 0.677. The summed E-state index contributed by atoms with van der Waals surface area (Å²) in [5.74, 6) is 0. The van der Waals surface area contributed by atoms with E-state index in [4.69, 9.17) is 23.2 Å². The van der Waals surface area contributed by atoms with E-state index in [0.717, 1.165) is 16.7 Å². The van der Waals surface area contributed by atoms with Crippen molar-refractivity contribution in [2.75, 3.05) is 0 Å². The largest absolute Gasteiger partial charge is 0.0984 e. The summed E-state index contributed by atoms with van der Waals surface area (Å²) in [6.07, 6.45) is 1.82. The third kappa shape index (κ3) is 2.13. The Balaban J connectivity index is 2.62. The number of hydrogen-bond acceptors (Lipinski definition) is 0. The van der Waals surface area contributed by atoms with Crippen LogP contribution >= 0.6 is 23.2 Å². The predicted molar refractivity (Wildman–Crippen MR) is 72.0 cm³/mol. The maximum atomic E-state index is 6.17. The molecule has 0 aliphatic rings. The Kier molecular flexibility index (Phi) is 3.33. The van der Waals surface area contributed by atoms with Crippen LogP contribution in [0.4, 0.5) is 0 Å². The molecular weight excluding hydrogens is 239 g/mol. The van der Waals surface area contributed by atoms with Crippen molar-refractivity contribution < 1.29 is 0 Å². The highest BCUT2D eigenvalue weighted by atomic mass is 35.5. The molecule has 0 atom stereocenters. The molecule has 0 N–H and O–H groups in total. The van der Waals surface area contributed by atoms with Gasteiger partial charge in [0.2, 0.25) is 0 Å². The van der Waals surface area contributed by atoms with E-state index in [1.807, 2.05) is 42.5 Å². The second-order valence-electron chi connectivity index (χ2n) is 3.42. The van der Waals surface area contributed by atoms with Crippen molar-refractivity contribution in [1.82, 2.24) is 0 Å². The zero-order valence-corrected chi connectivity index (χ0v) is 10.1. The van der Waals surface area contributed by atoms with Crippen molar-refractivity contribution in [2.24, 2.45) is 0 Å². The Labute approximate surface area is 105 Å². The first-order valence-electron chi connectivity index (χ1n) is 4.89. The Morgan fingerprint density at radius 2 is 1.69 bits per heavy atom. The van der Waals surface area contributed by atoms with Crippen LogP contribution in [0.15, 0.2) is 49.0 Å². The molecule has 2 rings (SSSR count). The van der Waals surface area contributed by atoms with Gasteiger partial charge in [0.1, 0.15) is 0 Å². The predicted octanol–water partition coefficient (Wildman–Crippen LogP) is 5.30. The van der Waals surface area contributed by atoms with Gasteiger partial charge in [0.25, 0.3) is 0 Å². The van der Waals surface area contributed by atoms with Crippen LogP contribution in [0.1, 0.15) is 5.56 Å². The standard InChI is InChI=1S/C14H10Cl2/c1-2-10-5-3-4-6-12(10)13-8-7-11(15)9-14(13)16/h2-9H,1H2. The van der Waals surface area contributed by atoms with Gasteiger partial charge in [0.05, 0.1) is 0 Å². The fraction of sp³-hybridized carbons (Fsp3) is 0. The van der Waals surface area contributed by atoms with E-state index in [9.17, 15) is 0 Å².